The van der Waals surface area contributed by atoms with Crippen LogP contribution in [0.25, 0.3) is 11.0 Å². The molecular weight excluding hydrogens is 328 g/mol. The molecule has 1 saturated carbocycles. The van der Waals surface area contributed by atoms with E-state index in [0.717, 1.165) is 49.7 Å². The van der Waals surface area contributed by atoms with Gasteiger partial charge in [0.1, 0.15) is 0 Å². The molecule has 1 aliphatic heterocycles. The molecule has 2 heterocycles. The number of hydrogen-bond donors (Lipinski definition) is 1. The molecule has 2 fully saturated rings. The van der Waals surface area contributed by atoms with Crippen molar-refractivity contribution >= 4 is 28.8 Å². The molecule has 0 spiro atoms. The average Bonchev–Trinajstić information content (AvgIpc) is 3.46. The third kappa shape index (κ3) is 3.32. The minimum absolute atomic E-state index is 0.0242. The smallest absolute Gasteiger partial charge is 0.229 e. The molecule has 6 nitrogen and oxygen atoms in total. The third-order valence-corrected chi connectivity index (χ3v) is 5.44. The fraction of sp³-hybridized carbons (Fsp3) is 0.550. The number of likely N-dealkylation sites (tertiary alicyclic amines) is 1. The van der Waals surface area contributed by atoms with Gasteiger partial charge in [-0.1, -0.05) is 19.1 Å². The van der Waals surface area contributed by atoms with Gasteiger partial charge >= 0.3 is 0 Å². The van der Waals surface area contributed by atoms with E-state index in [1.54, 1.807) is 0 Å². The number of nitrogens with one attached hydrogen (secondary N) is 1. The van der Waals surface area contributed by atoms with Crippen molar-refractivity contribution in [1.82, 2.24) is 14.5 Å². The van der Waals surface area contributed by atoms with Gasteiger partial charge in [0.15, 0.2) is 0 Å². The Labute approximate surface area is 153 Å². The molecule has 26 heavy (non-hydrogen) atoms. The van der Waals surface area contributed by atoms with E-state index in [1.165, 1.54) is 0 Å². The summed E-state index contributed by atoms with van der Waals surface area (Å²) in [4.78, 5) is 31.5. The number of fused-ring (bicyclic) bond motifs is 1. The monoisotopic (exact) mass is 354 g/mol. The van der Waals surface area contributed by atoms with Gasteiger partial charge in [-0.3, -0.25) is 14.9 Å². The highest BCUT2D eigenvalue weighted by Gasteiger charge is 2.36. The maximum atomic E-state index is 12.8. The molecule has 2 aromatic rings. The highest BCUT2D eigenvalue weighted by atomic mass is 16.2. The molecule has 0 unspecified atom stereocenters. The van der Waals surface area contributed by atoms with E-state index < -0.39 is 0 Å². The minimum atomic E-state index is -0.0480. The molecule has 4 rings (SSSR count). The first-order valence-electron chi connectivity index (χ1n) is 9.72. The summed E-state index contributed by atoms with van der Waals surface area (Å²) in [7, 11) is 0. The molecular formula is C20H26N4O2. The van der Waals surface area contributed by atoms with Gasteiger partial charge in [-0.05, 0) is 44.2 Å². The van der Waals surface area contributed by atoms with Crippen LogP contribution in [0.4, 0.5) is 5.95 Å². The second kappa shape index (κ2) is 7.09. The summed E-state index contributed by atoms with van der Waals surface area (Å²) >= 11 is 0. The Bertz CT molecular complexity index is 816. The first-order valence-corrected chi connectivity index (χ1v) is 9.72. The Hall–Kier alpha value is -2.37. The summed E-state index contributed by atoms with van der Waals surface area (Å²) in [5.74, 6) is 1.15. The second-order valence-corrected chi connectivity index (χ2v) is 7.44. The van der Waals surface area contributed by atoms with Crippen LogP contribution in [0.1, 0.15) is 39.0 Å². The first kappa shape index (κ1) is 17.1. The summed E-state index contributed by atoms with van der Waals surface area (Å²) < 4.78 is 2.08. The lowest BCUT2D eigenvalue weighted by atomic mass is 9.95. The van der Waals surface area contributed by atoms with Crippen LogP contribution in [0.15, 0.2) is 24.3 Å². The standard InChI is InChI=1S/C20H26N4O2/c1-2-11-24-17-6-4-3-5-16(17)21-20(24)22-18(25)14-9-12-23(13-10-14)19(26)15-7-8-15/h3-6,14-15H,2,7-13H2,1H3,(H,21,22,25). The largest absolute Gasteiger partial charge is 0.342 e. The summed E-state index contributed by atoms with van der Waals surface area (Å²) in [5, 5.41) is 3.04. The Balaban J connectivity index is 1.43. The van der Waals surface area contributed by atoms with Crippen LogP contribution in [0.2, 0.25) is 0 Å². The molecule has 1 aromatic heterocycles. The highest BCUT2D eigenvalue weighted by molar-refractivity contribution is 5.93. The van der Waals surface area contributed by atoms with Crippen LogP contribution < -0.4 is 5.32 Å². The maximum absolute atomic E-state index is 12.8. The van der Waals surface area contributed by atoms with Gasteiger partial charge in [0, 0.05) is 31.5 Å². The summed E-state index contributed by atoms with van der Waals surface area (Å²) in [6.45, 7) is 4.33. The van der Waals surface area contributed by atoms with Gasteiger partial charge in [0.25, 0.3) is 0 Å². The number of benzene rings is 1. The molecule has 1 aromatic carbocycles. The summed E-state index contributed by atoms with van der Waals surface area (Å²) in [6.07, 6.45) is 4.52. The number of carbonyl (C=O) groups is 2. The van der Waals surface area contributed by atoms with Gasteiger partial charge in [-0.25, -0.2) is 4.98 Å². The number of piperidine rings is 1. The second-order valence-electron chi connectivity index (χ2n) is 7.44. The number of anilines is 1. The van der Waals surface area contributed by atoms with Gasteiger partial charge in [-0.2, -0.15) is 0 Å². The van der Waals surface area contributed by atoms with Crippen LogP contribution in [-0.2, 0) is 16.1 Å². The number of amides is 2. The Morgan fingerprint density at radius 2 is 1.85 bits per heavy atom. The van der Waals surface area contributed by atoms with Crippen LogP contribution in [-0.4, -0.2) is 39.4 Å². The van der Waals surface area contributed by atoms with Gasteiger partial charge in [-0.15, -0.1) is 0 Å². The fourth-order valence-electron chi connectivity index (χ4n) is 3.78. The summed E-state index contributed by atoms with van der Waals surface area (Å²) in [6, 6.07) is 7.97. The van der Waals surface area contributed by atoms with Crippen molar-refractivity contribution in [3.63, 3.8) is 0 Å². The Morgan fingerprint density at radius 1 is 1.12 bits per heavy atom. The number of aryl methyl sites for hydroxylation is 1. The van der Waals surface area contributed by atoms with Crippen molar-refractivity contribution in [2.75, 3.05) is 18.4 Å². The molecule has 0 radical (unpaired) electrons. The Morgan fingerprint density at radius 3 is 2.54 bits per heavy atom. The molecule has 0 atom stereocenters. The number of nitrogens with zero attached hydrogens (tertiary/aromatic N) is 3. The third-order valence-electron chi connectivity index (χ3n) is 5.44. The molecule has 2 aliphatic rings. The van der Waals surface area contributed by atoms with Crippen molar-refractivity contribution in [2.24, 2.45) is 11.8 Å². The van der Waals surface area contributed by atoms with Crippen LogP contribution in [0.5, 0.6) is 0 Å². The van der Waals surface area contributed by atoms with Gasteiger partial charge in [0.2, 0.25) is 17.8 Å². The van der Waals surface area contributed by atoms with Crippen LogP contribution in [0, 0.1) is 11.8 Å². The van der Waals surface area contributed by atoms with Crippen molar-refractivity contribution in [3.8, 4) is 0 Å². The zero-order chi connectivity index (χ0) is 18.1. The predicted molar refractivity (Wildman–Crippen MR) is 101 cm³/mol. The zero-order valence-corrected chi connectivity index (χ0v) is 15.3. The quantitative estimate of drug-likeness (QED) is 0.897. The van der Waals surface area contributed by atoms with Crippen LogP contribution >= 0.6 is 0 Å². The van der Waals surface area contributed by atoms with Crippen molar-refractivity contribution in [1.29, 1.82) is 0 Å². The van der Waals surface area contributed by atoms with Gasteiger partial charge in [0.05, 0.1) is 11.0 Å². The number of rotatable bonds is 5. The topological polar surface area (TPSA) is 67.2 Å². The van der Waals surface area contributed by atoms with Crippen molar-refractivity contribution < 1.29 is 9.59 Å². The molecule has 1 aliphatic carbocycles. The number of carbonyl (C=O) groups excluding carboxylic acids is 2. The Kier molecular flexibility index (Phi) is 4.66. The lowest BCUT2D eigenvalue weighted by molar-refractivity contribution is -0.135. The molecule has 2 amide bonds. The summed E-state index contributed by atoms with van der Waals surface area (Å²) in [5.41, 5.74) is 1.95. The number of para-hydroxylation sites is 2. The lowest BCUT2D eigenvalue weighted by Gasteiger charge is -2.31. The van der Waals surface area contributed by atoms with Gasteiger partial charge < -0.3 is 9.47 Å². The maximum Gasteiger partial charge on any atom is 0.229 e. The van der Waals surface area contributed by atoms with Crippen molar-refractivity contribution in [2.45, 2.75) is 45.6 Å². The van der Waals surface area contributed by atoms with E-state index in [0.29, 0.717) is 19.0 Å². The first-order chi connectivity index (χ1) is 12.7. The zero-order valence-electron chi connectivity index (χ0n) is 15.3. The van der Waals surface area contributed by atoms with E-state index in [9.17, 15) is 9.59 Å². The number of aromatic nitrogens is 2. The van der Waals surface area contributed by atoms with E-state index in [1.807, 2.05) is 29.2 Å². The van der Waals surface area contributed by atoms with E-state index in [2.05, 4.69) is 21.8 Å². The van der Waals surface area contributed by atoms with Crippen molar-refractivity contribution in [3.05, 3.63) is 24.3 Å². The SMILES string of the molecule is CCCn1c(NC(=O)C2CCN(C(=O)C3CC3)CC2)nc2ccccc21. The average molecular weight is 354 g/mol. The van der Waals surface area contributed by atoms with E-state index in [-0.39, 0.29) is 23.7 Å². The fourth-order valence-corrected chi connectivity index (χ4v) is 3.78. The normalized spacial score (nSPS) is 18.3. The molecule has 138 valence electrons. The minimum Gasteiger partial charge on any atom is -0.342 e. The van der Waals surface area contributed by atoms with E-state index in [4.69, 9.17) is 0 Å². The predicted octanol–water partition coefficient (Wildman–Crippen LogP) is 3.03. The lowest BCUT2D eigenvalue weighted by Crippen LogP contribution is -2.42. The van der Waals surface area contributed by atoms with Crippen LogP contribution in [0.3, 0.4) is 0 Å². The number of imidazole rings is 1. The molecule has 1 N–H and O–H groups in total. The molecule has 1 saturated heterocycles. The van der Waals surface area contributed by atoms with E-state index >= 15 is 0 Å². The number of hydrogen-bond acceptors (Lipinski definition) is 3. The molecule has 6 heteroatoms. The highest BCUT2D eigenvalue weighted by Crippen LogP contribution is 2.32. The molecule has 0 bridgehead atoms.